The number of ketones is 1. The molecule has 0 heterocycles. The summed E-state index contributed by atoms with van der Waals surface area (Å²) in [6, 6.07) is 5.28. The summed E-state index contributed by atoms with van der Waals surface area (Å²) >= 11 is 0. The van der Waals surface area contributed by atoms with Gasteiger partial charge in [-0.25, -0.2) is 0 Å². The van der Waals surface area contributed by atoms with E-state index in [2.05, 4.69) is 6.58 Å². The molecule has 0 aliphatic rings. The molecule has 104 valence electrons. The second kappa shape index (κ2) is 6.98. The number of hydrogen-bond donors (Lipinski definition) is 0. The maximum absolute atomic E-state index is 12.6. The molecule has 1 atom stereocenters. The van der Waals surface area contributed by atoms with Crippen molar-refractivity contribution in [2.24, 2.45) is 11.8 Å². The maximum atomic E-state index is 12.6. The molecule has 19 heavy (non-hydrogen) atoms. The lowest BCUT2D eigenvalue weighted by Gasteiger charge is -2.19. The Labute approximate surface area is 115 Å². The van der Waals surface area contributed by atoms with E-state index in [4.69, 9.17) is 9.47 Å². The number of benzene rings is 1. The molecule has 0 radical (unpaired) electrons. The lowest BCUT2D eigenvalue weighted by atomic mass is 9.85. The molecular weight excluding hydrogens is 240 g/mol. The van der Waals surface area contributed by atoms with Crippen molar-refractivity contribution < 1.29 is 14.3 Å². The number of allylic oxidation sites excluding steroid dienone is 1. The molecule has 0 fully saturated rings. The summed E-state index contributed by atoms with van der Waals surface area (Å²) in [5.74, 6) is 1.52. The summed E-state index contributed by atoms with van der Waals surface area (Å²) in [7, 11) is 3.15. The van der Waals surface area contributed by atoms with Crippen LogP contribution in [0.5, 0.6) is 11.5 Å². The van der Waals surface area contributed by atoms with E-state index in [-0.39, 0.29) is 17.6 Å². The van der Waals surface area contributed by atoms with Crippen molar-refractivity contribution in [1.29, 1.82) is 0 Å². The Morgan fingerprint density at radius 2 is 2.00 bits per heavy atom. The third-order valence-electron chi connectivity index (χ3n) is 3.24. The van der Waals surface area contributed by atoms with Gasteiger partial charge in [-0.05, 0) is 24.5 Å². The van der Waals surface area contributed by atoms with Gasteiger partial charge in [-0.1, -0.05) is 19.9 Å². The molecule has 1 aromatic rings. The van der Waals surface area contributed by atoms with E-state index in [1.807, 2.05) is 13.8 Å². The quantitative estimate of drug-likeness (QED) is 0.554. The maximum Gasteiger partial charge on any atom is 0.170 e. The van der Waals surface area contributed by atoms with Crippen LogP contribution in [0.2, 0.25) is 0 Å². The van der Waals surface area contributed by atoms with Crippen LogP contribution in [0.15, 0.2) is 30.9 Å². The smallest absolute Gasteiger partial charge is 0.170 e. The van der Waals surface area contributed by atoms with Crippen molar-refractivity contribution >= 4 is 5.78 Å². The van der Waals surface area contributed by atoms with E-state index in [1.165, 1.54) is 0 Å². The molecule has 0 saturated carbocycles. The van der Waals surface area contributed by atoms with Gasteiger partial charge in [-0.3, -0.25) is 4.79 Å². The second-order valence-electron chi connectivity index (χ2n) is 4.81. The monoisotopic (exact) mass is 262 g/mol. The average Bonchev–Trinajstić information content (AvgIpc) is 2.42. The van der Waals surface area contributed by atoms with E-state index in [1.54, 1.807) is 38.5 Å². The molecule has 0 N–H and O–H groups in total. The van der Waals surface area contributed by atoms with Gasteiger partial charge >= 0.3 is 0 Å². The Morgan fingerprint density at radius 3 is 2.47 bits per heavy atom. The van der Waals surface area contributed by atoms with Crippen molar-refractivity contribution in [1.82, 2.24) is 0 Å². The molecule has 0 spiro atoms. The first-order valence-corrected chi connectivity index (χ1v) is 6.42. The number of Topliss-reactive ketones (excluding diaryl/α,β-unsaturated/α-hetero) is 1. The van der Waals surface area contributed by atoms with Crippen LogP contribution < -0.4 is 9.47 Å². The summed E-state index contributed by atoms with van der Waals surface area (Å²) in [6.45, 7) is 7.81. The zero-order valence-electron chi connectivity index (χ0n) is 12.1. The van der Waals surface area contributed by atoms with Gasteiger partial charge in [0.2, 0.25) is 0 Å². The van der Waals surface area contributed by atoms with Gasteiger partial charge in [0.25, 0.3) is 0 Å². The molecule has 0 aliphatic heterocycles. The van der Waals surface area contributed by atoms with Gasteiger partial charge in [-0.15, -0.1) is 6.58 Å². The molecular formula is C16H22O3. The van der Waals surface area contributed by atoms with E-state index in [0.29, 0.717) is 23.5 Å². The molecule has 0 aromatic heterocycles. The molecule has 1 rings (SSSR count). The van der Waals surface area contributed by atoms with Crippen molar-refractivity contribution in [3.05, 3.63) is 36.4 Å². The van der Waals surface area contributed by atoms with Crippen LogP contribution >= 0.6 is 0 Å². The van der Waals surface area contributed by atoms with Crippen LogP contribution in [0.25, 0.3) is 0 Å². The first-order valence-electron chi connectivity index (χ1n) is 6.42. The van der Waals surface area contributed by atoms with E-state index >= 15 is 0 Å². The highest BCUT2D eigenvalue weighted by molar-refractivity contribution is 6.00. The molecule has 0 bridgehead atoms. The third kappa shape index (κ3) is 3.60. The Morgan fingerprint density at radius 1 is 1.32 bits per heavy atom. The highest BCUT2D eigenvalue weighted by Gasteiger charge is 2.24. The number of methoxy groups -OCH3 is 2. The zero-order chi connectivity index (χ0) is 14.4. The molecule has 0 amide bonds. The van der Waals surface area contributed by atoms with E-state index < -0.39 is 0 Å². The van der Waals surface area contributed by atoms with Gasteiger partial charge in [0, 0.05) is 12.0 Å². The van der Waals surface area contributed by atoms with Crippen LogP contribution in [0.3, 0.4) is 0 Å². The fourth-order valence-electron chi connectivity index (χ4n) is 2.06. The largest absolute Gasteiger partial charge is 0.497 e. The minimum Gasteiger partial charge on any atom is -0.497 e. The molecule has 0 saturated heterocycles. The first kappa shape index (κ1) is 15.3. The standard InChI is InChI=1S/C16H22O3/c1-6-7-13(11(2)3)16(17)14-9-8-12(18-4)10-15(14)19-5/h6,8-11,13H,1,7H2,2-5H3/t13-/m0/s1. The van der Waals surface area contributed by atoms with E-state index in [9.17, 15) is 4.79 Å². The van der Waals surface area contributed by atoms with Crippen LogP contribution in [0.4, 0.5) is 0 Å². The molecule has 3 heteroatoms. The Bertz CT molecular complexity index is 449. The van der Waals surface area contributed by atoms with Gasteiger partial charge in [0.15, 0.2) is 5.78 Å². The highest BCUT2D eigenvalue weighted by atomic mass is 16.5. The average molecular weight is 262 g/mol. The van der Waals surface area contributed by atoms with Crippen molar-refractivity contribution in [3.63, 3.8) is 0 Å². The topological polar surface area (TPSA) is 35.5 Å². The predicted octanol–water partition coefficient (Wildman–Crippen LogP) is 3.73. The molecule has 1 aromatic carbocycles. The van der Waals surface area contributed by atoms with Crippen LogP contribution in [-0.4, -0.2) is 20.0 Å². The van der Waals surface area contributed by atoms with Gasteiger partial charge in [0.05, 0.1) is 19.8 Å². The lowest BCUT2D eigenvalue weighted by Crippen LogP contribution is -2.20. The van der Waals surface area contributed by atoms with Crippen molar-refractivity contribution in [3.8, 4) is 11.5 Å². The number of hydrogen-bond acceptors (Lipinski definition) is 3. The fraction of sp³-hybridized carbons (Fsp3) is 0.438. The van der Waals surface area contributed by atoms with Gasteiger partial charge in [-0.2, -0.15) is 0 Å². The van der Waals surface area contributed by atoms with Gasteiger partial charge in [0.1, 0.15) is 11.5 Å². The predicted molar refractivity (Wildman–Crippen MR) is 77.0 cm³/mol. The molecule has 0 aliphatic carbocycles. The van der Waals surface area contributed by atoms with Crippen LogP contribution in [0, 0.1) is 11.8 Å². The summed E-state index contributed by atoms with van der Waals surface area (Å²) in [4.78, 5) is 12.6. The van der Waals surface area contributed by atoms with Gasteiger partial charge < -0.3 is 9.47 Å². The van der Waals surface area contributed by atoms with Crippen molar-refractivity contribution in [2.45, 2.75) is 20.3 Å². The minimum atomic E-state index is -0.0696. The number of carbonyl (C=O) groups is 1. The summed E-state index contributed by atoms with van der Waals surface area (Å²) in [6.07, 6.45) is 2.46. The van der Waals surface area contributed by atoms with E-state index in [0.717, 1.165) is 0 Å². The molecule has 0 unspecified atom stereocenters. The third-order valence-corrected chi connectivity index (χ3v) is 3.24. The number of carbonyl (C=O) groups excluding carboxylic acids is 1. The van der Waals surface area contributed by atoms with Crippen LogP contribution in [0.1, 0.15) is 30.6 Å². The number of ether oxygens (including phenoxy) is 2. The number of rotatable bonds is 7. The minimum absolute atomic E-state index is 0.0696. The zero-order valence-corrected chi connectivity index (χ0v) is 12.1. The Hall–Kier alpha value is -1.77. The Balaban J connectivity index is 3.13. The normalized spacial score (nSPS) is 12.1. The summed E-state index contributed by atoms with van der Waals surface area (Å²) in [5.41, 5.74) is 0.601. The van der Waals surface area contributed by atoms with Crippen molar-refractivity contribution in [2.75, 3.05) is 14.2 Å². The SMILES string of the molecule is C=CC[C@H](C(=O)c1ccc(OC)cc1OC)C(C)C. The molecule has 3 nitrogen and oxygen atoms in total. The Kier molecular flexibility index (Phi) is 5.61. The highest BCUT2D eigenvalue weighted by Crippen LogP contribution is 2.29. The van der Waals surface area contributed by atoms with Crippen LogP contribution in [-0.2, 0) is 0 Å². The lowest BCUT2D eigenvalue weighted by molar-refractivity contribution is 0.0884. The summed E-state index contributed by atoms with van der Waals surface area (Å²) < 4.78 is 10.4. The fourth-order valence-corrected chi connectivity index (χ4v) is 2.06. The first-order chi connectivity index (χ1) is 9.04. The summed E-state index contributed by atoms with van der Waals surface area (Å²) in [5, 5.41) is 0. The second-order valence-corrected chi connectivity index (χ2v) is 4.81.